The monoisotopic (exact) mass is 605 g/mol. The van der Waals surface area contributed by atoms with E-state index in [9.17, 15) is 22.8 Å². The minimum atomic E-state index is -3.50. The molecule has 0 aliphatic carbocycles. The van der Waals surface area contributed by atoms with Crippen LogP contribution in [0.5, 0.6) is 0 Å². The van der Waals surface area contributed by atoms with E-state index in [0.29, 0.717) is 41.8 Å². The van der Waals surface area contributed by atoms with E-state index in [-0.39, 0.29) is 25.6 Å². The Hall–Kier alpha value is -3.46. The molecule has 3 aromatic rings. The summed E-state index contributed by atoms with van der Waals surface area (Å²) in [5.74, 6) is -0.399. The summed E-state index contributed by atoms with van der Waals surface area (Å²) in [5.41, 5.74) is 0.775. The third-order valence-corrected chi connectivity index (χ3v) is 6.98. The minimum absolute atomic E-state index is 0.157. The molecule has 0 atom stereocenters. The van der Waals surface area contributed by atoms with E-state index in [1.54, 1.807) is 19.9 Å². The highest BCUT2D eigenvalue weighted by molar-refractivity contribution is 7.88. The maximum Gasteiger partial charge on any atom is 0.332 e. The Labute approximate surface area is 245 Å². The third-order valence-electron chi connectivity index (χ3n) is 6.05. The number of nitrogens with one attached hydrogen (secondary N) is 2. The topological polar surface area (TPSA) is 168 Å². The van der Waals surface area contributed by atoms with Crippen LogP contribution in [0, 0.1) is 0 Å². The first-order chi connectivity index (χ1) is 19.9. The number of ether oxygens (including phenoxy) is 3. The van der Waals surface area contributed by atoms with Crippen molar-refractivity contribution >= 4 is 55.9 Å². The maximum atomic E-state index is 12.8. The number of imidazole rings is 1. The fourth-order valence-electron chi connectivity index (χ4n) is 4.50. The van der Waals surface area contributed by atoms with Crippen LogP contribution in [0.15, 0.2) is 24.3 Å². The molecule has 230 valence electrons. The number of esters is 1. The lowest BCUT2D eigenvalue weighted by Gasteiger charge is -2.27. The molecule has 0 unspecified atom stereocenters. The molecular formula is C28H39N5O8S. The molecule has 2 N–H and O–H groups in total. The average Bonchev–Trinajstić information content (AvgIpc) is 3.26. The molecule has 42 heavy (non-hydrogen) atoms. The maximum absolute atomic E-state index is 12.8. The van der Waals surface area contributed by atoms with Gasteiger partial charge in [-0.1, -0.05) is 18.2 Å². The Morgan fingerprint density at radius 2 is 1.83 bits per heavy atom. The number of rotatable bonds is 18. The molecule has 13 nitrogen and oxygen atoms in total. The smallest absolute Gasteiger partial charge is 0.332 e. The number of benzene rings is 1. The number of aromatic nitrogens is 3. The standard InChI is InChI=1S/C28H39N5O8S/c1-5-39-16-22-30-25-26(33(22)19-28(2,3)32-42(4,37)38)20-12-8-9-13-21(20)29-27(25)31-23(35)17-40-18-24(36)41-15-11-7-6-10-14-34/h8-9,12-14,32H,5-7,10-11,15-19H2,1-4H3,(H,29,31,35). The van der Waals surface area contributed by atoms with Crippen LogP contribution < -0.4 is 10.0 Å². The van der Waals surface area contributed by atoms with E-state index in [4.69, 9.17) is 19.2 Å². The third kappa shape index (κ3) is 9.82. The van der Waals surface area contributed by atoms with Crippen molar-refractivity contribution in [1.29, 1.82) is 0 Å². The Balaban J connectivity index is 1.81. The van der Waals surface area contributed by atoms with Crippen molar-refractivity contribution in [2.24, 2.45) is 0 Å². The molecule has 0 fully saturated rings. The van der Waals surface area contributed by atoms with Gasteiger partial charge in [0.2, 0.25) is 10.0 Å². The van der Waals surface area contributed by atoms with Crippen LogP contribution in [0.3, 0.4) is 0 Å². The number of hydrogen-bond acceptors (Lipinski definition) is 10. The molecule has 1 amide bonds. The number of para-hydroxylation sites is 1. The summed E-state index contributed by atoms with van der Waals surface area (Å²) >= 11 is 0. The number of amides is 1. The molecule has 0 bridgehead atoms. The second kappa shape index (κ2) is 15.1. The first kappa shape index (κ1) is 33.0. The van der Waals surface area contributed by atoms with E-state index in [2.05, 4.69) is 15.0 Å². The highest BCUT2D eigenvalue weighted by Gasteiger charge is 2.27. The van der Waals surface area contributed by atoms with Crippen molar-refractivity contribution in [3.05, 3.63) is 30.1 Å². The number of aldehydes is 1. The minimum Gasteiger partial charge on any atom is -0.464 e. The van der Waals surface area contributed by atoms with Gasteiger partial charge in [-0.25, -0.2) is 27.9 Å². The van der Waals surface area contributed by atoms with Gasteiger partial charge in [-0.3, -0.25) is 4.79 Å². The Kier molecular flexibility index (Phi) is 11.9. The van der Waals surface area contributed by atoms with Crippen molar-refractivity contribution in [3.63, 3.8) is 0 Å². The first-order valence-corrected chi connectivity index (χ1v) is 15.6. The molecule has 0 saturated carbocycles. The quantitative estimate of drug-likeness (QED) is 0.125. The number of carbonyl (C=O) groups excluding carboxylic acids is 3. The molecule has 14 heteroatoms. The normalized spacial score (nSPS) is 12.1. The predicted molar refractivity (Wildman–Crippen MR) is 157 cm³/mol. The molecule has 3 rings (SSSR count). The van der Waals surface area contributed by atoms with Crippen LogP contribution in [0.4, 0.5) is 5.82 Å². The zero-order valence-corrected chi connectivity index (χ0v) is 25.3. The van der Waals surface area contributed by atoms with Crippen LogP contribution in [-0.4, -0.2) is 79.3 Å². The number of sulfonamides is 1. The molecule has 0 saturated heterocycles. The van der Waals surface area contributed by atoms with Crippen molar-refractivity contribution in [1.82, 2.24) is 19.3 Å². The van der Waals surface area contributed by atoms with Crippen LogP contribution in [0.1, 0.15) is 52.3 Å². The molecule has 0 spiro atoms. The van der Waals surface area contributed by atoms with Gasteiger partial charge in [-0.2, -0.15) is 0 Å². The number of fused-ring (bicyclic) bond motifs is 3. The Morgan fingerprint density at radius 1 is 1.07 bits per heavy atom. The van der Waals surface area contributed by atoms with E-state index in [1.165, 1.54) is 0 Å². The fraction of sp³-hybridized carbons (Fsp3) is 0.536. The second-order valence-corrected chi connectivity index (χ2v) is 12.2. The van der Waals surface area contributed by atoms with Crippen LogP contribution in [-0.2, 0) is 51.8 Å². The van der Waals surface area contributed by atoms with Gasteiger partial charge in [0, 0.05) is 30.5 Å². The molecule has 0 aliphatic rings. The lowest BCUT2D eigenvalue weighted by Crippen LogP contribution is -2.46. The van der Waals surface area contributed by atoms with Crippen molar-refractivity contribution in [3.8, 4) is 0 Å². The second-order valence-electron chi connectivity index (χ2n) is 10.5. The van der Waals surface area contributed by atoms with Crippen LogP contribution >= 0.6 is 0 Å². The van der Waals surface area contributed by atoms with E-state index >= 15 is 0 Å². The van der Waals surface area contributed by atoms with Gasteiger partial charge >= 0.3 is 5.97 Å². The summed E-state index contributed by atoms with van der Waals surface area (Å²) in [6.07, 6.45) is 4.61. The lowest BCUT2D eigenvalue weighted by atomic mass is 10.1. The highest BCUT2D eigenvalue weighted by atomic mass is 32.2. The van der Waals surface area contributed by atoms with Gasteiger partial charge in [0.05, 0.1) is 23.9 Å². The molecule has 0 aliphatic heterocycles. The van der Waals surface area contributed by atoms with Gasteiger partial charge < -0.3 is 28.9 Å². The molecule has 1 aromatic carbocycles. The zero-order valence-electron chi connectivity index (χ0n) is 24.5. The number of anilines is 1. The number of pyridine rings is 1. The van der Waals surface area contributed by atoms with E-state index < -0.39 is 40.7 Å². The van der Waals surface area contributed by atoms with Crippen LogP contribution in [0.25, 0.3) is 21.9 Å². The summed E-state index contributed by atoms with van der Waals surface area (Å²) in [6, 6.07) is 7.36. The number of hydrogen-bond donors (Lipinski definition) is 2. The summed E-state index contributed by atoms with van der Waals surface area (Å²) in [7, 11) is -3.50. The van der Waals surface area contributed by atoms with Gasteiger partial charge in [0.15, 0.2) is 5.82 Å². The molecule has 2 heterocycles. The fourth-order valence-corrected chi connectivity index (χ4v) is 5.57. The zero-order chi connectivity index (χ0) is 30.8. The Morgan fingerprint density at radius 3 is 2.55 bits per heavy atom. The number of nitrogens with zero attached hydrogens (tertiary/aromatic N) is 3. The van der Waals surface area contributed by atoms with Crippen molar-refractivity contribution < 1.29 is 37.0 Å². The van der Waals surface area contributed by atoms with Crippen molar-refractivity contribution in [2.75, 3.05) is 38.0 Å². The Bertz CT molecular complexity index is 1500. The van der Waals surface area contributed by atoms with Gasteiger partial charge in [0.1, 0.15) is 37.4 Å². The van der Waals surface area contributed by atoms with Gasteiger partial charge in [0.25, 0.3) is 5.91 Å². The summed E-state index contributed by atoms with van der Waals surface area (Å²) < 4.78 is 44.6. The van der Waals surface area contributed by atoms with Crippen molar-refractivity contribution in [2.45, 2.75) is 65.1 Å². The predicted octanol–water partition coefficient (Wildman–Crippen LogP) is 2.71. The molecule has 0 radical (unpaired) electrons. The van der Waals surface area contributed by atoms with Crippen LogP contribution in [0.2, 0.25) is 0 Å². The number of carbonyl (C=O) groups is 3. The largest absolute Gasteiger partial charge is 0.464 e. The van der Waals surface area contributed by atoms with E-state index in [0.717, 1.165) is 30.8 Å². The summed E-state index contributed by atoms with van der Waals surface area (Å²) in [6.45, 7) is 5.63. The molecular weight excluding hydrogens is 566 g/mol. The van der Waals surface area contributed by atoms with Gasteiger partial charge in [-0.15, -0.1) is 0 Å². The first-order valence-electron chi connectivity index (χ1n) is 13.8. The highest BCUT2D eigenvalue weighted by Crippen LogP contribution is 2.31. The van der Waals surface area contributed by atoms with E-state index in [1.807, 2.05) is 29.7 Å². The van der Waals surface area contributed by atoms with Gasteiger partial charge in [-0.05, 0) is 46.1 Å². The molecule has 2 aromatic heterocycles. The SMILES string of the molecule is CCOCc1nc2c(NC(=O)COCC(=O)OCCCCCC=O)nc3ccccc3c2n1CC(C)(C)NS(C)(=O)=O. The summed E-state index contributed by atoms with van der Waals surface area (Å²) in [4.78, 5) is 44.4. The summed E-state index contributed by atoms with van der Waals surface area (Å²) in [5, 5.41) is 3.50. The number of unbranched alkanes of at least 4 members (excludes halogenated alkanes) is 3. The average molecular weight is 606 g/mol. The lowest BCUT2D eigenvalue weighted by molar-refractivity contribution is -0.149.